The molecule has 0 bridgehead atoms. The number of nitrogens with zero attached hydrogens (tertiary/aromatic N) is 2. The molecule has 2 atom stereocenters. The number of esters is 1. The lowest BCUT2D eigenvalue weighted by atomic mass is 10.2. The average Bonchev–Trinajstić information content (AvgIpc) is 2.47. The third kappa shape index (κ3) is 4.15. The largest absolute Gasteiger partial charge is 0.467 e. The van der Waals surface area contributed by atoms with Gasteiger partial charge in [0, 0.05) is 38.8 Å². The normalized spacial score (nSPS) is 29.6. The summed E-state index contributed by atoms with van der Waals surface area (Å²) in [6.45, 7) is 10.0. The molecule has 2 aliphatic rings. The first kappa shape index (κ1) is 15.7. The highest BCUT2D eigenvalue weighted by Crippen LogP contribution is 2.13. The van der Waals surface area contributed by atoms with Crippen molar-refractivity contribution in [3.63, 3.8) is 0 Å². The molecule has 2 rings (SSSR count). The van der Waals surface area contributed by atoms with Crippen molar-refractivity contribution >= 4 is 5.97 Å². The van der Waals surface area contributed by atoms with Crippen LogP contribution in [0.2, 0.25) is 0 Å². The predicted octanol–water partition coefficient (Wildman–Crippen LogP) is -0.0306. The van der Waals surface area contributed by atoms with E-state index in [0.717, 1.165) is 32.8 Å². The molecule has 2 aliphatic heterocycles. The quantitative estimate of drug-likeness (QED) is 0.677. The zero-order chi connectivity index (χ0) is 14.5. The monoisotopic (exact) mass is 286 g/mol. The summed E-state index contributed by atoms with van der Waals surface area (Å²) in [5, 5.41) is 0. The molecule has 0 saturated carbocycles. The molecule has 2 unspecified atom stereocenters. The number of ether oxygens (including phenoxy) is 3. The molecule has 0 aromatic rings. The maximum Gasteiger partial charge on any atom is 0.336 e. The molecule has 0 aromatic heterocycles. The van der Waals surface area contributed by atoms with Crippen molar-refractivity contribution in [1.82, 2.24) is 9.80 Å². The summed E-state index contributed by atoms with van der Waals surface area (Å²) in [7, 11) is 1.40. The molecular formula is C14H26N2O4. The van der Waals surface area contributed by atoms with Crippen molar-refractivity contribution in [3.05, 3.63) is 0 Å². The Balaban J connectivity index is 1.81. The number of methoxy groups -OCH3 is 1. The van der Waals surface area contributed by atoms with Gasteiger partial charge in [-0.15, -0.1) is 0 Å². The van der Waals surface area contributed by atoms with E-state index in [-0.39, 0.29) is 12.1 Å². The summed E-state index contributed by atoms with van der Waals surface area (Å²) in [6, 6.07) is 0.550. The lowest BCUT2D eigenvalue weighted by Crippen LogP contribution is -2.53. The predicted molar refractivity (Wildman–Crippen MR) is 74.6 cm³/mol. The molecule has 20 heavy (non-hydrogen) atoms. The molecule has 0 N–H and O–H groups in total. The first-order valence-corrected chi connectivity index (χ1v) is 7.37. The number of rotatable bonds is 4. The molecule has 0 radical (unpaired) electrons. The second-order valence-corrected chi connectivity index (χ2v) is 5.72. The first-order valence-electron chi connectivity index (χ1n) is 7.37. The summed E-state index contributed by atoms with van der Waals surface area (Å²) in [5.41, 5.74) is 0. The average molecular weight is 286 g/mol. The second-order valence-electron chi connectivity index (χ2n) is 5.72. The number of carbonyl (C=O) groups excluding carboxylic acids is 1. The van der Waals surface area contributed by atoms with Gasteiger partial charge < -0.3 is 14.2 Å². The molecule has 2 fully saturated rings. The minimum absolute atomic E-state index is 0.211. The van der Waals surface area contributed by atoms with Gasteiger partial charge in [0.2, 0.25) is 0 Å². The van der Waals surface area contributed by atoms with Crippen LogP contribution in [-0.2, 0) is 19.0 Å². The fraction of sp³-hybridized carbons (Fsp3) is 0.929. The van der Waals surface area contributed by atoms with Crippen LogP contribution < -0.4 is 0 Å². The van der Waals surface area contributed by atoms with Gasteiger partial charge in [0.25, 0.3) is 0 Å². The third-order valence-corrected chi connectivity index (χ3v) is 3.98. The van der Waals surface area contributed by atoms with Crippen LogP contribution in [0.15, 0.2) is 0 Å². The van der Waals surface area contributed by atoms with Gasteiger partial charge in [-0.1, -0.05) is 0 Å². The first-order chi connectivity index (χ1) is 9.60. The van der Waals surface area contributed by atoms with Crippen molar-refractivity contribution in [2.75, 3.05) is 53.0 Å². The molecule has 2 saturated heterocycles. The van der Waals surface area contributed by atoms with Gasteiger partial charge in [-0.05, 0) is 13.8 Å². The van der Waals surface area contributed by atoms with Crippen LogP contribution in [-0.4, -0.2) is 87.1 Å². The molecule has 0 aliphatic carbocycles. The maximum absolute atomic E-state index is 11.5. The Morgan fingerprint density at radius 2 is 2.00 bits per heavy atom. The van der Waals surface area contributed by atoms with Crippen LogP contribution in [0.4, 0.5) is 0 Å². The zero-order valence-electron chi connectivity index (χ0n) is 12.7. The zero-order valence-corrected chi connectivity index (χ0v) is 12.7. The molecule has 2 heterocycles. The van der Waals surface area contributed by atoms with E-state index in [1.807, 2.05) is 0 Å². The number of hydrogen-bond acceptors (Lipinski definition) is 6. The highest BCUT2D eigenvalue weighted by molar-refractivity contribution is 5.74. The molecule has 0 amide bonds. The van der Waals surface area contributed by atoms with Crippen LogP contribution in [0, 0.1) is 0 Å². The standard InChI is InChI=1S/C14H26N2O4/c1-11(2)16-5-7-19-12(9-16)8-15-4-6-20-13(10-15)14(17)18-3/h11-13H,4-10H2,1-3H3. The van der Waals surface area contributed by atoms with E-state index < -0.39 is 6.10 Å². The van der Waals surface area contributed by atoms with Crippen LogP contribution in [0.1, 0.15) is 13.8 Å². The lowest BCUT2D eigenvalue weighted by Gasteiger charge is -2.39. The molecule has 116 valence electrons. The summed E-state index contributed by atoms with van der Waals surface area (Å²) in [6.07, 6.45) is -0.249. The fourth-order valence-corrected chi connectivity index (χ4v) is 2.75. The van der Waals surface area contributed by atoms with Gasteiger partial charge in [-0.2, -0.15) is 0 Å². The van der Waals surface area contributed by atoms with E-state index in [4.69, 9.17) is 14.2 Å². The van der Waals surface area contributed by atoms with Crippen LogP contribution in [0.3, 0.4) is 0 Å². The highest BCUT2D eigenvalue weighted by Gasteiger charge is 2.30. The smallest absolute Gasteiger partial charge is 0.336 e. The van der Waals surface area contributed by atoms with E-state index in [9.17, 15) is 4.79 Å². The van der Waals surface area contributed by atoms with E-state index in [1.54, 1.807) is 0 Å². The van der Waals surface area contributed by atoms with Gasteiger partial charge in [0.15, 0.2) is 6.10 Å². The minimum atomic E-state index is -0.460. The summed E-state index contributed by atoms with van der Waals surface area (Å²) >= 11 is 0. The van der Waals surface area contributed by atoms with Crippen molar-refractivity contribution in [3.8, 4) is 0 Å². The van der Waals surface area contributed by atoms with Crippen LogP contribution in [0.5, 0.6) is 0 Å². The van der Waals surface area contributed by atoms with E-state index in [2.05, 4.69) is 23.6 Å². The van der Waals surface area contributed by atoms with Gasteiger partial charge >= 0.3 is 5.97 Å². The van der Waals surface area contributed by atoms with Crippen LogP contribution in [0.25, 0.3) is 0 Å². The van der Waals surface area contributed by atoms with Crippen LogP contribution >= 0.6 is 0 Å². The third-order valence-electron chi connectivity index (χ3n) is 3.98. The lowest BCUT2D eigenvalue weighted by molar-refractivity contribution is -0.161. The maximum atomic E-state index is 11.5. The van der Waals surface area contributed by atoms with Gasteiger partial charge in [0.1, 0.15) is 0 Å². The van der Waals surface area contributed by atoms with Gasteiger partial charge in [0.05, 0.1) is 26.4 Å². The Morgan fingerprint density at radius 3 is 2.70 bits per heavy atom. The van der Waals surface area contributed by atoms with E-state index in [1.165, 1.54) is 7.11 Å². The Bertz CT molecular complexity index is 324. The molecule has 6 nitrogen and oxygen atoms in total. The fourth-order valence-electron chi connectivity index (χ4n) is 2.75. The van der Waals surface area contributed by atoms with Gasteiger partial charge in [-0.3, -0.25) is 9.80 Å². The van der Waals surface area contributed by atoms with E-state index >= 15 is 0 Å². The SMILES string of the molecule is COC(=O)C1CN(CC2CN(C(C)C)CCO2)CCO1. The topological polar surface area (TPSA) is 51.2 Å². The molecule has 0 spiro atoms. The Kier molecular flexibility index (Phi) is 5.77. The Hall–Kier alpha value is -0.690. The van der Waals surface area contributed by atoms with Crippen molar-refractivity contribution in [1.29, 1.82) is 0 Å². The van der Waals surface area contributed by atoms with Crippen molar-refractivity contribution in [2.45, 2.75) is 32.1 Å². The number of hydrogen-bond donors (Lipinski definition) is 0. The number of carbonyl (C=O) groups is 1. The summed E-state index contributed by atoms with van der Waals surface area (Å²) in [4.78, 5) is 16.2. The molecule has 6 heteroatoms. The number of morpholine rings is 2. The minimum Gasteiger partial charge on any atom is -0.467 e. The van der Waals surface area contributed by atoms with Crippen molar-refractivity contribution in [2.24, 2.45) is 0 Å². The Morgan fingerprint density at radius 1 is 1.25 bits per heavy atom. The second kappa shape index (κ2) is 7.36. The highest BCUT2D eigenvalue weighted by atomic mass is 16.6. The van der Waals surface area contributed by atoms with Crippen molar-refractivity contribution < 1.29 is 19.0 Å². The van der Waals surface area contributed by atoms with Gasteiger partial charge in [-0.25, -0.2) is 4.79 Å². The van der Waals surface area contributed by atoms with E-state index in [0.29, 0.717) is 19.2 Å². The molecular weight excluding hydrogens is 260 g/mol. The summed E-state index contributed by atoms with van der Waals surface area (Å²) in [5.74, 6) is -0.289. The Labute approximate surface area is 120 Å². The molecule has 0 aromatic carbocycles. The summed E-state index contributed by atoms with van der Waals surface area (Å²) < 4.78 is 16.0.